The van der Waals surface area contributed by atoms with E-state index in [1.54, 1.807) is 43.3 Å². The standard InChI is InChI=1S/C20H21BrN2O6/c1-3-27-15-7-5-14(6-8-15)20(26)23-22-11-13-9-16(21)19(29-12-18(24)25)17(10-13)28-4-2/h5-11H,3-4,12H2,1-2H3,(H,23,26)(H,24,25)/b22-11-. The second-order valence-electron chi connectivity index (χ2n) is 5.60. The second kappa shape index (κ2) is 11.1. The van der Waals surface area contributed by atoms with Crippen LogP contribution in [-0.2, 0) is 4.79 Å². The molecule has 2 aromatic carbocycles. The van der Waals surface area contributed by atoms with Crippen LogP contribution >= 0.6 is 15.9 Å². The molecule has 2 N–H and O–H groups in total. The van der Waals surface area contributed by atoms with Gasteiger partial charge in [0, 0.05) is 5.56 Å². The maximum atomic E-state index is 12.2. The Labute approximate surface area is 176 Å². The van der Waals surface area contributed by atoms with Crippen LogP contribution in [0.4, 0.5) is 0 Å². The van der Waals surface area contributed by atoms with Gasteiger partial charge in [-0.2, -0.15) is 5.10 Å². The summed E-state index contributed by atoms with van der Waals surface area (Å²) in [5.41, 5.74) is 3.51. The molecule has 154 valence electrons. The predicted octanol–water partition coefficient (Wildman–Crippen LogP) is 3.47. The highest BCUT2D eigenvalue weighted by Crippen LogP contribution is 2.36. The summed E-state index contributed by atoms with van der Waals surface area (Å²) in [7, 11) is 0. The van der Waals surface area contributed by atoms with E-state index in [2.05, 4.69) is 26.5 Å². The Balaban J connectivity index is 2.08. The summed E-state index contributed by atoms with van der Waals surface area (Å²) in [4.78, 5) is 22.9. The van der Waals surface area contributed by atoms with Gasteiger partial charge in [0.05, 0.1) is 23.9 Å². The minimum Gasteiger partial charge on any atom is -0.494 e. The quantitative estimate of drug-likeness (QED) is 0.411. The summed E-state index contributed by atoms with van der Waals surface area (Å²) in [6.07, 6.45) is 1.45. The SMILES string of the molecule is CCOc1ccc(C(=O)N/N=C\c2cc(Br)c(OCC(=O)O)c(OCC)c2)cc1. The molecule has 0 fully saturated rings. The molecule has 0 aliphatic carbocycles. The molecule has 9 heteroatoms. The number of nitrogens with one attached hydrogen (secondary N) is 1. The van der Waals surface area contributed by atoms with E-state index in [0.717, 1.165) is 0 Å². The summed E-state index contributed by atoms with van der Waals surface area (Å²) in [6, 6.07) is 10.0. The van der Waals surface area contributed by atoms with Gasteiger partial charge in [-0.15, -0.1) is 0 Å². The van der Waals surface area contributed by atoms with E-state index in [1.165, 1.54) is 6.21 Å². The lowest BCUT2D eigenvalue weighted by Gasteiger charge is -2.13. The van der Waals surface area contributed by atoms with Crippen molar-refractivity contribution in [3.63, 3.8) is 0 Å². The average molecular weight is 465 g/mol. The molecule has 0 spiro atoms. The number of carbonyl (C=O) groups is 2. The van der Waals surface area contributed by atoms with Crippen LogP contribution in [-0.4, -0.2) is 43.0 Å². The zero-order chi connectivity index (χ0) is 21.2. The number of aliphatic carboxylic acids is 1. The van der Waals surface area contributed by atoms with E-state index < -0.39 is 12.6 Å². The highest BCUT2D eigenvalue weighted by atomic mass is 79.9. The molecule has 0 atom stereocenters. The van der Waals surface area contributed by atoms with Crippen LogP contribution in [0, 0.1) is 0 Å². The molecule has 0 heterocycles. The van der Waals surface area contributed by atoms with Crippen LogP contribution in [0.25, 0.3) is 0 Å². The fourth-order valence-corrected chi connectivity index (χ4v) is 2.87. The molecule has 1 amide bonds. The third kappa shape index (κ3) is 6.79. The summed E-state index contributed by atoms with van der Waals surface area (Å²) in [5.74, 6) is -0.130. The number of amides is 1. The number of ether oxygens (including phenoxy) is 3. The molecule has 0 aliphatic heterocycles. The van der Waals surface area contributed by atoms with Gasteiger partial charge in [0.2, 0.25) is 0 Å². The molecule has 2 aromatic rings. The fourth-order valence-electron chi connectivity index (χ4n) is 2.30. The lowest BCUT2D eigenvalue weighted by molar-refractivity contribution is -0.139. The van der Waals surface area contributed by atoms with Crippen molar-refractivity contribution in [2.45, 2.75) is 13.8 Å². The minimum absolute atomic E-state index is 0.282. The molecular weight excluding hydrogens is 444 g/mol. The van der Waals surface area contributed by atoms with Gasteiger partial charge in [-0.1, -0.05) is 0 Å². The van der Waals surface area contributed by atoms with E-state index in [4.69, 9.17) is 19.3 Å². The molecular formula is C20H21BrN2O6. The normalized spacial score (nSPS) is 10.6. The maximum absolute atomic E-state index is 12.2. The molecule has 0 aromatic heterocycles. The largest absolute Gasteiger partial charge is 0.494 e. The fraction of sp³-hybridized carbons (Fsp3) is 0.250. The Morgan fingerprint density at radius 2 is 1.79 bits per heavy atom. The van der Waals surface area contributed by atoms with Crippen molar-refractivity contribution < 1.29 is 28.9 Å². The summed E-state index contributed by atoms with van der Waals surface area (Å²) in [6.45, 7) is 4.10. The number of halogens is 1. The summed E-state index contributed by atoms with van der Waals surface area (Å²) < 4.78 is 16.6. The molecule has 0 radical (unpaired) electrons. The number of benzene rings is 2. The zero-order valence-corrected chi connectivity index (χ0v) is 17.6. The number of hydrogen-bond donors (Lipinski definition) is 2. The van der Waals surface area contributed by atoms with E-state index in [-0.39, 0.29) is 11.7 Å². The van der Waals surface area contributed by atoms with Crippen LogP contribution in [0.2, 0.25) is 0 Å². The van der Waals surface area contributed by atoms with Crippen molar-refractivity contribution in [3.05, 3.63) is 52.0 Å². The number of carbonyl (C=O) groups excluding carboxylic acids is 1. The van der Waals surface area contributed by atoms with E-state index >= 15 is 0 Å². The molecule has 8 nitrogen and oxygen atoms in total. The molecule has 0 saturated heterocycles. The molecule has 0 unspecified atom stereocenters. The summed E-state index contributed by atoms with van der Waals surface area (Å²) in [5, 5.41) is 12.8. The van der Waals surface area contributed by atoms with Gasteiger partial charge in [0.25, 0.3) is 5.91 Å². The van der Waals surface area contributed by atoms with Crippen LogP contribution in [0.15, 0.2) is 46.0 Å². The predicted molar refractivity (Wildman–Crippen MR) is 111 cm³/mol. The van der Waals surface area contributed by atoms with Crippen molar-refractivity contribution >= 4 is 34.0 Å². The van der Waals surface area contributed by atoms with Crippen molar-refractivity contribution in [3.8, 4) is 17.2 Å². The first-order valence-electron chi connectivity index (χ1n) is 8.81. The third-order valence-electron chi connectivity index (χ3n) is 3.48. The number of hydrogen-bond acceptors (Lipinski definition) is 6. The Morgan fingerprint density at radius 1 is 1.10 bits per heavy atom. The van der Waals surface area contributed by atoms with Gasteiger partial charge in [0.1, 0.15) is 5.75 Å². The highest BCUT2D eigenvalue weighted by Gasteiger charge is 2.13. The third-order valence-corrected chi connectivity index (χ3v) is 4.07. The van der Waals surface area contributed by atoms with E-state index in [1.807, 2.05) is 6.92 Å². The Hall–Kier alpha value is -3.07. The lowest BCUT2D eigenvalue weighted by atomic mass is 10.2. The maximum Gasteiger partial charge on any atom is 0.341 e. The van der Waals surface area contributed by atoms with Gasteiger partial charge in [0.15, 0.2) is 18.1 Å². The minimum atomic E-state index is -1.10. The molecule has 29 heavy (non-hydrogen) atoms. The molecule has 0 bridgehead atoms. The van der Waals surface area contributed by atoms with Gasteiger partial charge >= 0.3 is 5.97 Å². The smallest absolute Gasteiger partial charge is 0.341 e. The monoisotopic (exact) mass is 464 g/mol. The Morgan fingerprint density at radius 3 is 2.41 bits per heavy atom. The van der Waals surface area contributed by atoms with Crippen molar-refractivity contribution in [1.82, 2.24) is 5.43 Å². The molecule has 2 rings (SSSR count). The Bertz CT molecular complexity index is 883. The van der Waals surface area contributed by atoms with Gasteiger partial charge < -0.3 is 19.3 Å². The van der Waals surface area contributed by atoms with Crippen LogP contribution in [0.3, 0.4) is 0 Å². The van der Waals surface area contributed by atoms with Gasteiger partial charge in [-0.05, 0) is 71.7 Å². The van der Waals surface area contributed by atoms with Crippen LogP contribution < -0.4 is 19.6 Å². The molecule has 0 aliphatic rings. The number of nitrogens with zero attached hydrogens (tertiary/aromatic N) is 1. The van der Waals surface area contributed by atoms with Crippen LogP contribution in [0.5, 0.6) is 17.2 Å². The Kier molecular flexibility index (Phi) is 8.47. The number of carboxylic acids is 1. The molecule has 0 saturated carbocycles. The first-order chi connectivity index (χ1) is 13.9. The average Bonchev–Trinajstić information content (AvgIpc) is 2.68. The number of hydrazone groups is 1. The van der Waals surface area contributed by atoms with Crippen molar-refractivity contribution in [1.29, 1.82) is 0 Å². The van der Waals surface area contributed by atoms with Gasteiger partial charge in [-0.25, -0.2) is 10.2 Å². The second-order valence-corrected chi connectivity index (χ2v) is 6.46. The summed E-state index contributed by atoms with van der Waals surface area (Å²) >= 11 is 3.34. The number of carboxylic acid groups (broad SMARTS) is 1. The topological polar surface area (TPSA) is 106 Å². The van der Waals surface area contributed by atoms with Gasteiger partial charge in [-0.3, -0.25) is 4.79 Å². The van der Waals surface area contributed by atoms with Crippen molar-refractivity contribution in [2.24, 2.45) is 5.10 Å². The first kappa shape index (κ1) is 22.2. The highest BCUT2D eigenvalue weighted by molar-refractivity contribution is 9.10. The first-order valence-corrected chi connectivity index (χ1v) is 9.61. The van der Waals surface area contributed by atoms with Crippen LogP contribution in [0.1, 0.15) is 29.8 Å². The number of rotatable bonds is 10. The lowest BCUT2D eigenvalue weighted by Crippen LogP contribution is -2.17. The zero-order valence-electron chi connectivity index (χ0n) is 16.0. The van der Waals surface area contributed by atoms with Crippen molar-refractivity contribution in [2.75, 3.05) is 19.8 Å². The van der Waals surface area contributed by atoms with E-state index in [9.17, 15) is 9.59 Å². The van der Waals surface area contributed by atoms with E-state index in [0.29, 0.717) is 40.3 Å².